The first-order valence-electron chi connectivity index (χ1n) is 10.3. The highest BCUT2D eigenvalue weighted by molar-refractivity contribution is 7.89. The Morgan fingerprint density at radius 3 is 2.68 bits per heavy atom. The van der Waals surface area contributed by atoms with E-state index in [2.05, 4.69) is 10.3 Å². The van der Waals surface area contributed by atoms with Crippen molar-refractivity contribution in [1.82, 2.24) is 9.29 Å². The third kappa shape index (κ3) is 4.58. The van der Waals surface area contributed by atoms with Crippen LogP contribution in [0, 0.1) is 6.92 Å². The van der Waals surface area contributed by atoms with Crippen molar-refractivity contribution in [3.8, 4) is 11.5 Å². The molecule has 1 saturated heterocycles. The minimum atomic E-state index is -3.57. The normalized spacial score (nSPS) is 17.5. The highest BCUT2D eigenvalue weighted by Crippen LogP contribution is 2.28. The number of hydrogen-bond donors (Lipinski definition) is 1. The molecule has 164 valence electrons. The van der Waals surface area contributed by atoms with Crippen LogP contribution in [0.5, 0.6) is 0 Å². The maximum absolute atomic E-state index is 13.1. The smallest absolute Gasteiger partial charge is 0.257 e. The van der Waals surface area contributed by atoms with Crippen LogP contribution in [0.4, 0.5) is 5.13 Å². The number of rotatable bonds is 6. The number of aromatic nitrogens is 1. The van der Waals surface area contributed by atoms with Gasteiger partial charge in [-0.3, -0.25) is 10.1 Å². The number of aryl methyl sites for hydroxylation is 1. The monoisotopic (exact) mass is 459 g/mol. The van der Waals surface area contributed by atoms with Gasteiger partial charge in [0.2, 0.25) is 10.0 Å². The zero-order chi connectivity index (χ0) is 22.0. The van der Waals surface area contributed by atoms with Crippen LogP contribution in [0.15, 0.2) is 51.1 Å². The summed E-state index contributed by atoms with van der Waals surface area (Å²) in [4.78, 5) is 17.2. The number of thiazole rings is 1. The summed E-state index contributed by atoms with van der Waals surface area (Å²) < 4.78 is 33.3. The van der Waals surface area contributed by atoms with Crippen LogP contribution in [0.2, 0.25) is 0 Å². The molecular weight excluding hydrogens is 434 g/mol. The van der Waals surface area contributed by atoms with Crippen LogP contribution < -0.4 is 5.32 Å². The number of nitrogens with one attached hydrogen (secondary N) is 1. The van der Waals surface area contributed by atoms with Crippen LogP contribution >= 0.6 is 11.3 Å². The number of piperidine rings is 1. The minimum Gasteiger partial charge on any atom is -0.460 e. The van der Waals surface area contributed by atoms with Crippen LogP contribution in [0.1, 0.15) is 48.7 Å². The third-order valence-electron chi connectivity index (χ3n) is 5.48. The highest BCUT2D eigenvalue weighted by atomic mass is 32.2. The fourth-order valence-electron chi connectivity index (χ4n) is 3.80. The van der Waals surface area contributed by atoms with Gasteiger partial charge in [-0.1, -0.05) is 13.3 Å². The quantitative estimate of drug-likeness (QED) is 0.565. The Labute approximate surface area is 186 Å². The summed E-state index contributed by atoms with van der Waals surface area (Å²) in [5, 5.41) is 5.02. The van der Waals surface area contributed by atoms with E-state index in [1.165, 1.54) is 35.6 Å². The zero-order valence-electron chi connectivity index (χ0n) is 17.5. The minimum absolute atomic E-state index is 0.0405. The summed E-state index contributed by atoms with van der Waals surface area (Å²) in [6.07, 6.45) is 3.63. The van der Waals surface area contributed by atoms with Crippen LogP contribution in [-0.4, -0.2) is 36.2 Å². The second-order valence-electron chi connectivity index (χ2n) is 7.60. The molecule has 31 heavy (non-hydrogen) atoms. The molecule has 2 aromatic heterocycles. The molecule has 1 unspecified atom stereocenters. The van der Waals surface area contributed by atoms with Crippen molar-refractivity contribution in [1.29, 1.82) is 0 Å². The predicted molar refractivity (Wildman–Crippen MR) is 121 cm³/mol. The second kappa shape index (κ2) is 8.94. The number of furan rings is 1. The van der Waals surface area contributed by atoms with Crippen LogP contribution in [0.3, 0.4) is 0 Å². The van der Waals surface area contributed by atoms with E-state index in [9.17, 15) is 13.2 Å². The van der Waals surface area contributed by atoms with Crippen molar-refractivity contribution >= 4 is 32.4 Å². The molecule has 1 fully saturated rings. The Kier molecular flexibility index (Phi) is 6.27. The molecule has 1 aromatic carbocycles. The van der Waals surface area contributed by atoms with Crippen molar-refractivity contribution in [2.45, 2.75) is 50.5 Å². The van der Waals surface area contributed by atoms with Gasteiger partial charge < -0.3 is 4.42 Å². The van der Waals surface area contributed by atoms with Crippen molar-refractivity contribution in [3.05, 3.63) is 53.1 Å². The summed E-state index contributed by atoms with van der Waals surface area (Å²) in [6, 6.07) is 9.82. The van der Waals surface area contributed by atoms with Crippen LogP contribution in [-0.2, 0) is 10.0 Å². The summed E-state index contributed by atoms with van der Waals surface area (Å²) in [5.41, 5.74) is 1.03. The van der Waals surface area contributed by atoms with Gasteiger partial charge >= 0.3 is 0 Å². The molecule has 1 amide bonds. The van der Waals surface area contributed by atoms with Gasteiger partial charge in [0.25, 0.3) is 5.91 Å². The van der Waals surface area contributed by atoms with Gasteiger partial charge in [0.1, 0.15) is 11.5 Å². The average Bonchev–Trinajstić information content (AvgIpc) is 3.42. The van der Waals surface area contributed by atoms with Gasteiger partial charge in [-0.05, 0) is 62.6 Å². The molecule has 3 aromatic rings. The Balaban J connectivity index is 1.46. The van der Waals surface area contributed by atoms with E-state index in [-0.39, 0.29) is 16.8 Å². The van der Waals surface area contributed by atoms with Crippen LogP contribution in [0.25, 0.3) is 11.5 Å². The number of carbonyl (C=O) groups is 1. The number of hydrogen-bond acceptors (Lipinski definition) is 6. The summed E-state index contributed by atoms with van der Waals surface area (Å²) in [5.74, 6) is 1.09. The maximum atomic E-state index is 13.1. The molecule has 7 nitrogen and oxygen atoms in total. The first kappa shape index (κ1) is 21.7. The molecule has 0 spiro atoms. The van der Waals surface area contributed by atoms with E-state index in [4.69, 9.17) is 4.42 Å². The molecule has 1 aliphatic heterocycles. The molecule has 1 aliphatic rings. The van der Waals surface area contributed by atoms with E-state index in [0.717, 1.165) is 31.4 Å². The van der Waals surface area contributed by atoms with Crippen molar-refractivity contribution in [2.75, 3.05) is 11.9 Å². The number of nitrogens with zero attached hydrogens (tertiary/aromatic N) is 2. The predicted octanol–water partition coefficient (Wildman–Crippen LogP) is 4.92. The van der Waals surface area contributed by atoms with Gasteiger partial charge in [-0.25, -0.2) is 13.4 Å². The lowest BCUT2D eigenvalue weighted by atomic mass is 10.0. The highest BCUT2D eigenvalue weighted by Gasteiger charge is 2.32. The molecule has 1 N–H and O–H groups in total. The summed E-state index contributed by atoms with van der Waals surface area (Å²) in [6.45, 7) is 4.42. The number of benzene rings is 1. The first-order valence-corrected chi connectivity index (χ1v) is 12.7. The molecule has 1 atom stereocenters. The number of amides is 1. The molecule has 3 heterocycles. The number of anilines is 1. The largest absolute Gasteiger partial charge is 0.460 e. The van der Waals surface area contributed by atoms with E-state index in [1.54, 1.807) is 4.31 Å². The molecule has 9 heteroatoms. The van der Waals surface area contributed by atoms with Crippen molar-refractivity contribution in [2.24, 2.45) is 0 Å². The van der Waals surface area contributed by atoms with E-state index in [0.29, 0.717) is 28.7 Å². The fourth-order valence-corrected chi connectivity index (χ4v) is 6.26. The van der Waals surface area contributed by atoms with Gasteiger partial charge in [0.05, 0.1) is 4.90 Å². The fraction of sp³-hybridized carbons (Fsp3) is 0.364. The number of carbonyl (C=O) groups excluding carboxylic acids is 1. The summed E-state index contributed by atoms with van der Waals surface area (Å²) in [7, 11) is -3.57. The Bertz CT molecular complexity index is 1170. The van der Waals surface area contributed by atoms with Gasteiger partial charge in [-0.15, -0.1) is 11.3 Å². The zero-order valence-corrected chi connectivity index (χ0v) is 19.1. The molecule has 0 radical (unpaired) electrons. The summed E-state index contributed by atoms with van der Waals surface area (Å²) >= 11 is 1.30. The lowest BCUT2D eigenvalue weighted by Gasteiger charge is -2.34. The Hall–Kier alpha value is -2.49. The standard InChI is InChI=1S/C22H25N3O4S2/c1-3-17-6-4-5-13-25(17)31(27,28)18-10-8-16(9-11-18)21(26)24-22-23-19(14-30-22)20-12-7-15(2)29-20/h7-12,14,17H,3-6,13H2,1-2H3,(H,23,24,26). The second-order valence-corrected chi connectivity index (χ2v) is 10.3. The van der Waals surface area contributed by atoms with Gasteiger partial charge in [-0.2, -0.15) is 4.31 Å². The molecule has 0 saturated carbocycles. The van der Waals surface area contributed by atoms with E-state index in [1.807, 2.05) is 31.4 Å². The van der Waals surface area contributed by atoms with Crippen molar-refractivity contribution < 1.29 is 17.6 Å². The number of sulfonamides is 1. The Morgan fingerprint density at radius 1 is 1.23 bits per heavy atom. The lowest BCUT2D eigenvalue weighted by molar-refractivity contribution is 0.102. The SMILES string of the molecule is CCC1CCCCN1S(=O)(=O)c1ccc(C(=O)Nc2nc(-c3ccc(C)o3)cs2)cc1. The topological polar surface area (TPSA) is 92.5 Å². The van der Waals surface area contributed by atoms with E-state index >= 15 is 0 Å². The lowest BCUT2D eigenvalue weighted by Crippen LogP contribution is -2.43. The average molecular weight is 460 g/mol. The van der Waals surface area contributed by atoms with Crippen molar-refractivity contribution in [3.63, 3.8) is 0 Å². The Morgan fingerprint density at radius 2 is 2.00 bits per heavy atom. The third-order valence-corrected chi connectivity index (χ3v) is 8.21. The molecule has 0 bridgehead atoms. The molecular formula is C22H25N3O4S2. The van der Waals surface area contributed by atoms with E-state index < -0.39 is 10.0 Å². The van der Waals surface area contributed by atoms with Gasteiger partial charge in [0.15, 0.2) is 10.9 Å². The maximum Gasteiger partial charge on any atom is 0.257 e. The molecule has 0 aliphatic carbocycles. The van der Waals surface area contributed by atoms with Gasteiger partial charge in [0, 0.05) is 23.5 Å². The first-order chi connectivity index (χ1) is 14.9. The molecule has 4 rings (SSSR count).